The highest BCUT2D eigenvalue weighted by Crippen LogP contribution is 2.47. The third-order valence-corrected chi connectivity index (χ3v) is 6.72. The zero-order valence-corrected chi connectivity index (χ0v) is 22.0. The fourth-order valence-corrected chi connectivity index (χ4v) is 4.90. The van der Waals surface area contributed by atoms with Gasteiger partial charge in [-0.15, -0.1) is 0 Å². The molecule has 0 bridgehead atoms. The predicted molar refractivity (Wildman–Crippen MR) is 142 cm³/mol. The quantitative estimate of drug-likeness (QED) is 0.358. The lowest BCUT2D eigenvalue weighted by molar-refractivity contribution is -0.149. The summed E-state index contributed by atoms with van der Waals surface area (Å²) in [7, 11) is 2.22. The maximum Gasteiger partial charge on any atom is 0.314 e. The minimum atomic E-state index is -1.31. The number of piperazine rings is 1. The molecular weight excluding hydrogens is 514 g/mol. The molecule has 38 heavy (non-hydrogen) atoms. The van der Waals surface area contributed by atoms with Crippen LogP contribution in [0.15, 0.2) is 58.3 Å². The maximum absolute atomic E-state index is 9.43. The van der Waals surface area contributed by atoms with Crippen molar-refractivity contribution in [2.45, 2.75) is 29.1 Å². The molecule has 1 saturated heterocycles. The molecule has 2 aliphatic rings. The predicted octanol–water partition coefficient (Wildman–Crippen LogP) is 3.02. The number of benzene rings is 2. The molecule has 0 unspecified atom stereocenters. The first-order valence-corrected chi connectivity index (χ1v) is 12.8. The van der Waals surface area contributed by atoms with Crippen molar-refractivity contribution in [1.82, 2.24) is 9.80 Å². The standard InChI is InChI=1S/C20H25N3S.2C3H4O4/c1-21-13-15-22(16-14-21)11-6-12-23-17-7-2-4-9-19(17)24-20-10-5-3-8-18(20)23;2*4-2(5)1-3(6)7/h2-5,7-10H,6,11-16H2,1H3;2*1H2,(H,4,5)(H,6,7). The Morgan fingerprint density at radius 1 is 0.684 bits per heavy atom. The monoisotopic (exact) mass is 547 g/mol. The van der Waals surface area contributed by atoms with Crippen LogP contribution in [-0.4, -0.2) is 100 Å². The van der Waals surface area contributed by atoms with Crippen LogP contribution >= 0.6 is 11.8 Å². The highest BCUT2D eigenvalue weighted by atomic mass is 32.2. The maximum atomic E-state index is 9.43. The Kier molecular flexibility index (Phi) is 12.6. The van der Waals surface area contributed by atoms with Crippen molar-refractivity contribution < 1.29 is 39.6 Å². The molecule has 0 spiro atoms. The molecule has 206 valence electrons. The van der Waals surface area contributed by atoms with Crippen molar-refractivity contribution in [2.75, 3.05) is 51.2 Å². The van der Waals surface area contributed by atoms with E-state index in [1.54, 1.807) is 0 Å². The Balaban J connectivity index is 0.000000301. The van der Waals surface area contributed by atoms with Gasteiger partial charge in [0.1, 0.15) is 12.8 Å². The zero-order valence-electron chi connectivity index (χ0n) is 21.2. The highest BCUT2D eigenvalue weighted by molar-refractivity contribution is 7.99. The van der Waals surface area contributed by atoms with Crippen LogP contribution in [0, 0.1) is 0 Å². The lowest BCUT2D eigenvalue weighted by Crippen LogP contribution is -2.45. The van der Waals surface area contributed by atoms with Crippen molar-refractivity contribution in [3.63, 3.8) is 0 Å². The number of para-hydroxylation sites is 2. The van der Waals surface area contributed by atoms with Gasteiger partial charge in [-0.05, 0) is 44.3 Å². The van der Waals surface area contributed by atoms with Gasteiger partial charge < -0.3 is 35.1 Å². The fourth-order valence-electron chi connectivity index (χ4n) is 3.80. The normalized spacial score (nSPS) is 14.5. The largest absolute Gasteiger partial charge is 0.481 e. The molecule has 0 amide bonds. The number of carboxylic acids is 4. The first-order chi connectivity index (χ1) is 18.1. The van der Waals surface area contributed by atoms with E-state index < -0.39 is 36.7 Å². The number of hydrogen-bond donors (Lipinski definition) is 4. The van der Waals surface area contributed by atoms with Gasteiger partial charge in [-0.2, -0.15) is 0 Å². The van der Waals surface area contributed by atoms with Gasteiger partial charge in [-0.3, -0.25) is 19.2 Å². The Morgan fingerprint density at radius 2 is 1.11 bits per heavy atom. The van der Waals surface area contributed by atoms with Crippen molar-refractivity contribution in [3.05, 3.63) is 48.5 Å². The highest BCUT2D eigenvalue weighted by Gasteiger charge is 2.22. The van der Waals surface area contributed by atoms with Gasteiger partial charge in [0.05, 0.1) is 11.4 Å². The molecule has 0 aliphatic carbocycles. The minimum absolute atomic E-state index is 0.806. The number of anilines is 2. The molecule has 1 fully saturated rings. The summed E-state index contributed by atoms with van der Waals surface area (Å²) >= 11 is 1.89. The van der Waals surface area contributed by atoms with E-state index in [0.717, 1.165) is 6.54 Å². The van der Waals surface area contributed by atoms with Crippen LogP contribution in [0.5, 0.6) is 0 Å². The Hall–Kier alpha value is -3.61. The molecular formula is C26H33N3O8S. The lowest BCUT2D eigenvalue weighted by atomic mass is 10.2. The molecule has 2 aliphatic heterocycles. The number of carboxylic acid groups (broad SMARTS) is 4. The van der Waals surface area contributed by atoms with Crippen LogP contribution in [-0.2, 0) is 19.2 Å². The number of carbonyl (C=O) groups is 4. The van der Waals surface area contributed by atoms with Gasteiger partial charge in [0, 0.05) is 42.5 Å². The second-order valence-electron chi connectivity index (χ2n) is 8.62. The van der Waals surface area contributed by atoms with Crippen LogP contribution < -0.4 is 4.90 Å². The first kappa shape index (κ1) is 30.6. The van der Waals surface area contributed by atoms with E-state index in [1.807, 2.05) is 11.8 Å². The Bertz CT molecular complexity index is 1010. The van der Waals surface area contributed by atoms with Crippen molar-refractivity contribution >= 4 is 47.0 Å². The van der Waals surface area contributed by atoms with E-state index in [2.05, 4.69) is 70.3 Å². The number of aliphatic carboxylic acids is 4. The van der Waals surface area contributed by atoms with E-state index in [1.165, 1.54) is 60.3 Å². The van der Waals surface area contributed by atoms with Crippen LogP contribution in [0.2, 0.25) is 0 Å². The Morgan fingerprint density at radius 3 is 1.50 bits per heavy atom. The number of likely N-dealkylation sites (N-methyl/N-ethyl adjacent to an activating group) is 1. The van der Waals surface area contributed by atoms with Crippen LogP contribution in [0.25, 0.3) is 0 Å². The number of fused-ring (bicyclic) bond motifs is 2. The SMILES string of the molecule is CN1CCN(CCCN2c3ccccc3Sc3ccccc32)CC1.O=C(O)CC(=O)O.O=C(O)CC(=O)O. The summed E-state index contributed by atoms with van der Waals surface area (Å²) in [6, 6.07) is 17.6. The molecule has 11 nitrogen and oxygen atoms in total. The average Bonchev–Trinajstić information content (AvgIpc) is 2.84. The molecule has 0 saturated carbocycles. The van der Waals surface area contributed by atoms with Crippen LogP contribution in [0.4, 0.5) is 11.4 Å². The van der Waals surface area contributed by atoms with E-state index in [4.69, 9.17) is 20.4 Å². The first-order valence-electron chi connectivity index (χ1n) is 12.0. The summed E-state index contributed by atoms with van der Waals surface area (Å²) in [4.78, 5) is 48.0. The number of rotatable bonds is 8. The third-order valence-electron chi connectivity index (χ3n) is 5.59. The van der Waals surface area contributed by atoms with E-state index >= 15 is 0 Å². The van der Waals surface area contributed by atoms with Gasteiger partial charge in [0.2, 0.25) is 0 Å². The molecule has 2 heterocycles. The molecule has 0 radical (unpaired) electrons. The smallest absolute Gasteiger partial charge is 0.314 e. The van der Waals surface area contributed by atoms with Crippen LogP contribution in [0.1, 0.15) is 19.3 Å². The van der Waals surface area contributed by atoms with Gasteiger partial charge in [0.25, 0.3) is 0 Å². The average molecular weight is 548 g/mol. The second-order valence-corrected chi connectivity index (χ2v) is 9.70. The molecule has 12 heteroatoms. The van der Waals surface area contributed by atoms with Gasteiger partial charge >= 0.3 is 23.9 Å². The minimum Gasteiger partial charge on any atom is -0.481 e. The molecule has 4 N–H and O–H groups in total. The van der Waals surface area contributed by atoms with Crippen molar-refractivity contribution in [1.29, 1.82) is 0 Å². The van der Waals surface area contributed by atoms with Crippen molar-refractivity contribution in [3.8, 4) is 0 Å². The van der Waals surface area contributed by atoms with Gasteiger partial charge in [0.15, 0.2) is 0 Å². The van der Waals surface area contributed by atoms with E-state index in [9.17, 15) is 19.2 Å². The third kappa shape index (κ3) is 10.8. The van der Waals surface area contributed by atoms with Gasteiger partial charge in [-0.1, -0.05) is 36.0 Å². The Labute approximate surface area is 225 Å². The lowest BCUT2D eigenvalue weighted by Gasteiger charge is -2.35. The van der Waals surface area contributed by atoms with E-state index in [-0.39, 0.29) is 0 Å². The fraction of sp³-hybridized carbons (Fsp3) is 0.385. The molecule has 0 aromatic heterocycles. The van der Waals surface area contributed by atoms with E-state index in [0.29, 0.717) is 0 Å². The topological polar surface area (TPSA) is 159 Å². The number of hydrogen-bond acceptors (Lipinski definition) is 8. The summed E-state index contributed by atoms with van der Waals surface area (Å²) in [5.74, 6) is -5.25. The van der Waals surface area contributed by atoms with Crippen LogP contribution in [0.3, 0.4) is 0 Å². The molecule has 2 aromatic rings. The summed E-state index contributed by atoms with van der Waals surface area (Å²) in [6.45, 7) is 7.10. The zero-order chi connectivity index (χ0) is 28.1. The second kappa shape index (κ2) is 15.6. The summed E-state index contributed by atoms with van der Waals surface area (Å²) in [5.41, 5.74) is 2.72. The molecule has 4 rings (SSSR count). The van der Waals surface area contributed by atoms with Gasteiger partial charge in [-0.25, -0.2) is 0 Å². The van der Waals surface area contributed by atoms with Crippen molar-refractivity contribution in [2.24, 2.45) is 0 Å². The number of nitrogens with zero attached hydrogens (tertiary/aromatic N) is 3. The summed E-state index contributed by atoms with van der Waals surface area (Å²) < 4.78 is 0. The summed E-state index contributed by atoms with van der Waals surface area (Å²) in [5, 5.41) is 30.8. The molecule has 0 atom stereocenters. The summed E-state index contributed by atoms with van der Waals surface area (Å²) in [6.07, 6.45) is -0.406. The molecule has 2 aromatic carbocycles.